The van der Waals surface area contributed by atoms with Crippen LogP contribution in [-0.4, -0.2) is 86.0 Å². The van der Waals surface area contributed by atoms with Crippen LogP contribution in [0.1, 0.15) is 11.1 Å². The minimum Gasteiger partial charge on any atom is -0.491 e. The number of carbonyl (C=O) groups is 1. The molecule has 2 atom stereocenters. The smallest absolute Gasteiger partial charge is 0.195 e. The number of nitrogens with one attached hydrogen (secondary N) is 1. The Hall–Kier alpha value is -3.51. The van der Waals surface area contributed by atoms with Crippen LogP contribution in [0.3, 0.4) is 0 Å². The van der Waals surface area contributed by atoms with Crippen molar-refractivity contribution in [1.29, 1.82) is 0 Å². The Morgan fingerprint density at radius 1 is 1.15 bits per heavy atom. The summed E-state index contributed by atoms with van der Waals surface area (Å²) in [6.45, 7) is 4.92. The molecule has 0 unspecified atom stereocenters. The fraction of sp³-hybridized carbons (Fsp3) is 0.414. The second kappa shape index (κ2) is 12.8. The third kappa shape index (κ3) is 6.61. The number of hydrogen-bond acceptors (Lipinski definition) is 9. The van der Waals surface area contributed by atoms with E-state index in [1.165, 1.54) is 18.5 Å². The van der Waals surface area contributed by atoms with Crippen LogP contribution in [0, 0.1) is 12.7 Å². The lowest BCUT2D eigenvalue weighted by molar-refractivity contribution is -0.116. The monoisotopic (exact) mass is 554 g/mol. The largest absolute Gasteiger partial charge is 0.491 e. The van der Waals surface area contributed by atoms with Crippen LogP contribution >= 0.6 is 0 Å². The van der Waals surface area contributed by atoms with E-state index in [4.69, 9.17) is 18.9 Å². The first-order valence-electron chi connectivity index (χ1n) is 13.2. The van der Waals surface area contributed by atoms with Crippen molar-refractivity contribution in [1.82, 2.24) is 14.9 Å². The van der Waals surface area contributed by atoms with E-state index in [-0.39, 0.29) is 37.6 Å². The highest BCUT2D eigenvalue weighted by Gasteiger charge is 2.36. The molecule has 0 saturated carbocycles. The average molecular weight is 555 g/mol. The molecule has 11 heteroatoms. The van der Waals surface area contributed by atoms with Crippen LogP contribution in [0.2, 0.25) is 0 Å². The van der Waals surface area contributed by atoms with Crippen molar-refractivity contribution in [2.75, 3.05) is 58.5 Å². The molecule has 3 aromatic rings. The van der Waals surface area contributed by atoms with Crippen molar-refractivity contribution >= 4 is 28.2 Å². The molecule has 5 rings (SSSR count). The number of aryl methyl sites for hydroxylation is 1. The molecule has 40 heavy (non-hydrogen) atoms. The van der Waals surface area contributed by atoms with Crippen LogP contribution in [0.5, 0.6) is 5.75 Å². The van der Waals surface area contributed by atoms with Gasteiger partial charge in [0.25, 0.3) is 0 Å². The summed E-state index contributed by atoms with van der Waals surface area (Å²) in [5, 5.41) is 3.79. The summed E-state index contributed by atoms with van der Waals surface area (Å²) in [6.07, 6.45) is 2.45. The fourth-order valence-corrected chi connectivity index (χ4v) is 4.86. The molecule has 0 spiro atoms. The summed E-state index contributed by atoms with van der Waals surface area (Å²) in [6, 6.07) is 8.07. The molecule has 9 nitrogen and oxygen atoms in total. The molecule has 2 aliphatic heterocycles. The van der Waals surface area contributed by atoms with E-state index in [1.807, 2.05) is 4.90 Å². The molecule has 2 saturated heterocycles. The molecule has 1 N–H and O–H groups in total. The van der Waals surface area contributed by atoms with Gasteiger partial charge >= 0.3 is 0 Å². The SMILES string of the molecule is COCCOc1cc2ncnc(Nc3ccc(F)c(C)c3)c2cc1CC(=O)/C(F)=C/CN1C[C@@H]2OCCO[C@@H]2C1. The van der Waals surface area contributed by atoms with E-state index >= 15 is 0 Å². The first-order valence-corrected chi connectivity index (χ1v) is 13.2. The van der Waals surface area contributed by atoms with Gasteiger partial charge in [0.05, 0.1) is 37.5 Å². The summed E-state index contributed by atoms with van der Waals surface area (Å²) < 4.78 is 51.1. The summed E-state index contributed by atoms with van der Waals surface area (Å²) in [5.74, 6) is -0.920. The number of halogens is 2. The van der Waals surface area contributed by atoms with Crippen molar-refractivity contribution in [2.45, 2.75) is 25.6 Å². The Kier molecular flexibility index (Phi) is 8.95. The summed E-state index contributed by atoms with van der Waals surface area (Å²) in [4.78, 5) is 23.7. The van der Waals surface area contributed by atoms with Gasteiger partial charge in [-0.1, -0.05) is 0 Å². The van der Waals surface area contributed by atoms with Gasteiger partial charge in [-0.2, -0.15) is 0 Å². The van der Waals surface area contributed by atoms with E-state index in [0.29, 0.717) is 72.2 Å². The first-order chi connectivity index (χ1) is 19.4. The minimum atomic E-state index is -0.816. The maximum Gasteiger partial charge on any atom is 0.195 e. The number of ether oxygens (including phenoxy) is 4. The van der Waals surface area contributed by atoms with Crippen molar-refractivity contribution in [2.24, 2.45) is 0 Å². The van der Waals surface area contributed by atoms with E-state index in [0.717, 1.165) is 0 Å². The van der Waals surface area contributed by atoms with Gasteiger partial charge in [-0.15, -0.1) is 0 Å². The molecule has 212 valence electrons. The number of carbonyl (C=O) groups excluding carboxylic acids is 1. The van der Waals surface area contributed by atoms with Crippen LogP contribution in [-0.2, 0) is 25.4 Å². The Labute approximate surface area is 231 Å². The maximum atomic E-state index is 15.0. The predicted octanol–water partition coefficient (Wildman–Crippen LogP) is 3.91. The third-order valence-corrected chi connectivity index (χ3v) is 6.97. The predicted molar refractivity (Wildman–Crippen MR) is 145 cm³/mol. The first kappa shape index (κ1) is 28.0. The Balaban J connectivity index is 1.36. The van der Waals surface area contributed by atoms with E-state index in [9.17, 15) is 13.6 Å². The number of fused-ring (bicyclic) bond motifs is 2. The second-order valence-corrected chi connectivity index (χ2v) is 9.82. The van der Waals surface area contributed by atoms with E-state index in [1.54, 1.807) is 38.3 Å². The topological polar surface area (TPSA) is 95.0 Å². The summed E-state index contributed by atoms with van der Waals surface area (Å²) in [5.41, 5.74) is 2.18. The third-order valence-electron chi connectivity index (χ3n) is 6.97. The number of rotatable bonds is 11. The Morgan fingerprint density at radius 3 is 2.65 bits per heavy atom. The van der Waals surface area contributed by atoms with Gasteiger partial charge < -0.3 is 24.3 Å². The minimum absolute atomic E-state index is 0.0193. The standard InChI is InChI=1S/C29H32F2N4O5/c1-18-11-20(3-4-22(18)30)34-29-21-12-19(26(38-8-7-37-2)14-24(21)32-17-33-29)13-25(36)23(31)5-6-35-15-27-28(16-35)40-10-9-39-27/h3-5,11-12,14,17,27-28H,6-10,13,15-16H2,1-2H3,(H,32,33,34)/b23-5-/t27-,28+. The summed E-state index contributed by atoms with van der Waals surface area (Å²) in [7, 11) is 1.56. The Morgan fingerprint density at radius 2 is 1.93 bits per heavy atom. The number of methoxy groups -OCH3 is 1. The highest BCUT2D eigenvalue weighted by Crippen LogP contribution is 2.31. The average Bonchev–Trinajstić information content (AvgIpc) is 3.37. The Bertz CT molecular complexity index is 1390. The number of ketones is 1. The highest BCUT2D eigenvalue weighted by molar-refractivity contribution is 5.97. The van der Waals surface area contributed by atoms with Crippen LogP contribution in [0.15, 0.2) is 48.6 Å². The number of hydrogen-bond donors (Lipinski definition) is 1. The molecule has 2 aromatic carbocycles. The van der Waals surface area contributed by atoms with Crippen molar-refractivity contribution in [3.8, 4) is 5.75 Å². The lowest BCUT2D eigenvalue weighted by Gasteiger charge is -2.24. The molecular weight excluding hydrogens is 522 g/mol. The molecule has 2 aliphatic rings. The van der Waals surface area contributed by atoms with Crippen LogP contribution in [0.25, 0.3) is 10.9 Å². The molecule has 0 aliphatic carbocycles. The van der Waals surface area contributed by atoms with Crippen molar-refractivity contribution < 1.29 is 32.5 Å². The molecular formula is C29H32F2N4O5. The van der Waals surface area contributed by atoms with Gasteiger partial charge in [0.15, 0.2) is 11.6 Å². The van der Waals surface area contributed by atoms with Crippen molar-refractivity contribution in [3.63, 3.8) is 0 Å². The number of likely N-dealkylation sites (tertiary alicyclic amines) is 1. The summed E-state index contributed by atoms with van der Waals surface area (Å²) >= 11 is 0. The number of anilines is 2. The van der Waals surface area contributed by atoms with Gasteiger partial charge in [0, 0.05) is 55.9 Å². The maximum absolute atomic E-state index is 15.0. The highest BCUT2D eigenvalue weighted by atomic mass is 19.1. The fourth-order valence-electron chi connectivity index (χ4n) is 4.86. The number of aromatic nitrogens is 2. The molecule has 2 fully saturated rings. The van der Waals surface area contributed by atoms with Gasteiger partial charge in [0.2, 0.25) is 0 Å². The van der Waals surface area contributed by atoms with Crippen LogP contribution in [0.4, 0.5) is 20.3 Å². The number of Topliss-reactive ketones (excluding diaryl/α,β-unsaturated/α-hetero) is 1. The van der Waals surface area contributed by atoms with Crippen LogP contribution < -0.4 is 10.1 Å². The lowest BCUT2D eigenvalue weighted by Crippen LogP contribution is -2.36. The number of allylic oxidation sites excluding steroid dienone is 1. The molecule has 1 aromatic heterocycles. The van der Waals surface area contributed by atoms with E-state index < -0.39 is 11.6 Å². The number of benzene rings is 2. The van der Waals surface area contributed by atoms with Gasteiger partial charge in [0.1, 0.15) is 30.3 Å². The molecule has 3 heterocycles. The number of nitrogens with zero attached hydrogens (tertiary/aromatic N) is 3. The second-order valence-electron chi connectivity index (χ2n) is 9.82. The zero-order valence-corrected chi connectivity index (χ0v) is 22.5. The van der Waals surface area contributed by atoms with E-state index in [2.05, 4.69) is 15.3 Å². The molecule has 0 bridgehead atoms. The van der Waals surface area contributed by atoms with Gasteiger partial charge in [-0.05, 0) is 42.8 Å². The van der Waals surface area contributed by atoms with Gasteiger partial charge in [-0.25, -0.2) is 18.7 Å². The quantitative estimate of drug-likeness (QED) is 0.280. The lowest BCUT2D eigenvalue weighted by atomic mass is 10.0. The molecule has 0 radical (unpaired) electrons. The van der Waals surface area contributed by atoms with Gasteiger partial charge in [-0.3, -0.25) is 9.69 Å². The zero-order chi connectivity index (χ0) is 28.1. The zero-order valence-electron chi connectivity index (χ0n) is 22.5. The molecule has 0 amide bonds. The normalized spacial score (nSPS) is 19.6. The van der Waals surface area contributed by atoms with Crippen molar-refractivity contribution in [3.05, 3.63) is 65.5 Å².